The summed E-state index contributed by atoms with van der Waals surface area (Å²) in [6.45, 7) is 1.64. The number of oxazole rings is 2. The first kappa shape index (κ1) is 68.1. The largest absolute Gasteiger partial charge is 0.573 e. The predicted octanol–water partition coefficient (Wildman–Crippen LogP) is 12.2. The maximum atomic E-state index is 14.3. The fourth-order valence-electron chi connectivity index (χ4n) is 8.40. The number of fused-ring (bicyclic) bond motifs is 2. The summed E-state index contributed by atoms with van der Waals surface area (Å²) in [6.07, 6.45) is -9.52. The number of Topliss-reactive ketones (excluding diaryl/α,β-unsaturated/α-hetero) is 2. The molecule has 0 aliphatic carbocycles. The minimum absolute atomic E-state index is 0. The van der Waals surface area contributed by atoms with E-state index in [4.69, 9.17) is 18.3 Å². The third-order valence-electron chi connectivity index (χ3n) is 11.9. The first-order valence-electron chi connectivity index (χ1n) is 25.7. The number of alkyl halides is 10. The molecule has 19 nitrogen and oxygen atoms in total. The van der Waals surface area contributed by atoms with Gasteiger partial charge in [0.15, 0.2) is 16.9 Å². The van der Waals surface area contributed by atoms with Crippen molar-refractivity contribution in [3.8, 4) is 34.5 Å². The molecule has 0 saturated heterocycles. The average Bonchev–Trinajstić information content (AvgIpc) is 1.64. The Kier molecular flexibility index (Phi) is 21.9. The number of nitrogens with one attached hydrogen (secondary N) is 2. The van der Waals surface area contributed by atoms with Crippen molar-refractivity contribution < 1.29 is 100 Å². The van der Waals surface area contributed by atoms with Gasteiger partial charge in [0.05, 0.1) is 61.0 Å². The third kappa shape index (κ3) is 19.0. The van der Waals surface area contributed by atoms with Crippen LogP contribution in [-0.2, 0) is 19.1 Å². The summed E-state index contributed by atoms with van der Waals surface area (Å²) < 4.78 is 158. The standard InChI is InChI=1S/C29H20F5N3O5.C14H9F3O3.C13H11NO6.C3H7F2N.ClH/c1-28(30,31)14-37-24(15-4-2-5-18(12-15)40-16-8-10-17(11-9-16)42-29(32,33)34)22-20(26(37)38)13-35-23(22)19-6-3-7-21-25(19)41-27(39)36-21;15-14(16,17)20-12-6-4-11(5-7-12)19-13-3-1-2-10(8-13)9-18;1-2-19-12(17)10(16)6-9(15)7-4-3-5-8-11(7)20-13(18)14-8;1-3(4,5)2-6;/h2-12,24H,13-14H2,1H3,(H,36,39);1-9H;3-5H,2,6H2,1H3,(H,14,18);2,6H2,1H3;1H. The van der Waals surface area contributed by atoms with Crippen molar-refractivity contribution in [1.29, 1.82) is 0 Å². The van der Waals surface area contributed by atoms with Gasteiger partial charge in [0.2, 0.25) is 5.78 Å². The zero-order chi connectivity index (χ0) is 64.3. The number of esters is 1. The summed E-state index contributed by atoms with van der Waals surface area (Å²) in [5.74, 6) is -10.0. The zero-order valence-corrected chi connectivity index (χ0v) is 47.1. The summed E-state index contributed by atoms with van der Waals surface area (Å²) in [5.41, 5.74) is 7.97. The van der Waals surface area contributed by atoms with E-state index in [1.165, 1.54) is 42.5 Å². The first-order chi connectivity index (χ1) is 41.4. The van der Waals surface area contributed by atoms with Crippen molar-refractivity contribution in [2.75, 3.05) is 26.2 Å². The molecule has 6 aromatic carbocycles. The van der Waals surface area contributed by atoms with Gasteiger partial charge in [-0.25, -0.2) is 31.9 Å². The number of amides is 1. The zero-order valence-electron chi connectivity index (χ0n) is 46.3. The number of aromatic amines is 2. The maximum Gasteiger partial charge on any atom is 0.573 e. The van der Waals surface area contributed by atoms with Crippen LogP contribution in [0.3, 0.4) is 0 Å². The third-order valence-corrected chi connectivity index (χ3v) is 11.9. The second-order valence-electron chi connectivity index (χ2n) is 18.9. The van der Waals surface area contributed by atoms with Gasteiger partial charge in [-0.15, -0.1) is 38.7 Å². The van der Waals surface area contributed by atoms with Crippen LogP contribution in [0.15, 0.2) is 168 Å². The number of halogens is 11. The van der Waals surface area contributed by atoms with Crippen LogP contribution in [0.5, 0.6) is 34.5 Å². The van der Waals surface area contributed by atoms with Gasteiger partial charge in [-0.2, -0.15) is 0 Å². The van der Waals surface area contributed by atoms with Gasteiger partial charge < -0.3 is 43.2 Å². The Balaban J connectivity index is 0.000000224. The van der Waals surface area contributed by atoms with Crippen molar-refractivity contribution in [2.24, 2.45) is 10.7 Å². The number of aldehydes is 1. The second kappa shape index (κ2) is 28.7. The smallest absolute Gasteiger partial charge is 0.460 e. The van der Waals surface area contributed by atoms with Crippen molar-refractivity contribution in [1.82, 2.24) is 14.9 Å². The lowest BCUT2D eigenvalue weighted by molar-refractivity contribution is -0.275. The van der Waals surface area contributed by atoms with Crippen molar-refractivity contribution in [3.05, 3.63) is 188 Å². The van der Waals surface area contributed by atoms with Crippen molar-refractivity contribution >= 4 is 70.0 Å². The number of H-pyrrole nitrogens is 2. The molecular formula is C59H48ClF10N5O14. The Bertz CT molecular complexity index is 4030. The molecule has 2 aromatic heterocycles. The summed E-state index contributed by atoms with van der Waals surface area (Å²) in [5, 5.41) is 0. The molecule has 0 fully saturated rings. The number of hydrogen-bond donors (Lipinski definition) is 3. The Morgan fingerprint density at radius 2 is 1.16 bits per heavy atom. The lowest BCUT2D eigenvalue weighted by Crippen LogP contribution is -2.40. The SMILES string of the molecule is CC(F)(F)CN.CC(F)(F)CN1C(=O)C2=C(C(c3cccc4[nH]c(=O)oc34)=NC2)C1c1cccc(Oc2ccc(OC(F)(F)F)cc2)c1.CCOC(=O)C(=O)CC(=O)c1cccc2[nH]c(=O)oc12.Cl.O=Cc1cccc(Oc2ccc(OC(F)(F)F)cc2)c1. The molecule has 1 unspecified atom stereocenters. The Hall–Kier alpha value is -10.0. The van der Waals surface area contributed by atoms with Crippen LogP contribution in [0.25, 0.3) is 22.2 Å². The molecule has 0 radical (unpaired) electrons. The number of benzene rings is 6. The van der Waals surface area contributed by atoms with E-state index in [0.717, 1.165) is 43.0 Å². The van der Waals surface area contributed by atoms with Crippen LogP contribution in [0.1, 0.15) is 65.1 Å². The number of ether oxygens (including phenoxy) is 5. The number of rotatable bonds is 17. The summed E-state index contributed by atoms with van der Waals surface area (Å²) >= 11 is 0. The molecular weight excluding hydrogens is 1230 g/mol. The fraction of sp³-hybridized carbons (Fsp3) is 0.220. The molecule has 30 heteroatoms. The minimum Gasteiger partial charge on any atom is -0.460 e. The van der Waals surface area contributed by atoms with Gasteiger partial charge in [0.25, 0.3) is 17.8 Å². The van der Waals surface area contributed by atoms with E-state index in [2.05, 4.69) is 34.9 Å². The van der Waals surface area contributed by atoms with E-state index in [-0.39, 0.29) is 65.1 Å². The molecule has 10 rings (SSSR count). The summed E-state index contributed by atoms with van der Waals surface area (Å²) in [4.78, 5) is 92.3. The van der Waals surface area contributed by atoms with Crippen LogP contribution in [0, 0.1) is 0 Å². The number of hydrogen-bond acceptors (Lipinski definition) is 16. The fourth-order valence-corrected chi connectivity index (χ4v) is 8.40. The molecule has 0 saturated carbocycles. The minimum atomic E-state index is -4.84. The Labute approximate surface area is 501 Å². The van der Waals surface area contributed by atoms with Gasteiger partial charge in [0, 0.05) is 36.1 Å². The highest BCUT2D eigenvalue weighted by Gasteiger charge is 2.47. The number of aliphatic imine (C=N–C) groups is 1. The lowest BCUT2D eigenvalue weighted by atomic mass is 9.91. The van der Waals surface area contributed by atoms with E-state index >= 15 is 0 Å². The number of para-hydroxylation sites is 2. The molecule has 2 aliphatic rings. The molecule has 1 atom stereocenters. The first-order valence-corrected chi connectivity index (χ1v) is 25.7. The maximum absolute atomic E-state index is 14.3. The van der Waals surface area contributed by atoms with Crippen LogP contribution in [0.2, 0.25) is 0 Å². The number of ketones is 2. The van der Waals surface area contributed by atoms with E-state index in [9.17, 15) is 77.5 Å². The molecule has 4 N–H and O–H groups in total. The molecule has 4 heterocycles. The molecule has 1 amide bonds. The van der Waals surface area contributed by atoms with Gasteiger partial charge in [0.1, 0.15) is 40.8 Å². The Morgan fingerprint density at radius 1 is 0.663 bits per heavy atom. The second-order valence-corrected chi connectivity index (χ2v) is 18.9. The highest BCUT2D eigenvalue weighted by molar-refractivity contribution is 6.38. The summed E-state index contributed by atoms with van der Waals surface area (Å²) in [6, 6.07) is 31.0. The van der Waals surface area contributed by atoms with Crippen molar-refractivity contribution in [3.63, 3.8) is 0 Å². The van der Waals surface area contributed by atoms with Crippen LogP contribution >= 0.6 is 12.4 Å². The molecule has 89 heavy (non-hydrogen) atoms. The monoisotopic (exact) mass is 1280 g/mol. The number of nitrogens with zero attached hydrogens (tertiary/aromatic N) is 2. The van der Waals surface area contributed by atoms with Gasteiger partial charge in [-0.05, 0) is 110 Å². The van der Waals surface area contributed by atoms with E-state index in [1.807, 2.05) is 0 Å². The van der Waals surface area contributed by atoms with E-state index in [1.54, 1.807) is 73.7 Å². The predicted molar refractivity (Wildman–Crippen MR) is 299 cm³/mol. The summed E-state index contributed by atoms with van der Waals surface area (Å²) in [7, 11) is 0. The Morgan fingerprint density at radius 3 is 1.67 bits per heavy atom. The number of nitrogens with two attached hydrogens (primary N) is 1. The number of carbonyl (C=O) groups excluding carboxylic acids is 5. The van der Waals surface area contributed by atoms with Crippen molar-refractivity contribution in [2.45, 2.75) is 57.8 Å². The van der Waals surface area contributed by atoms with E-state index in [0.29, 0.717) is 56.8 Å². The molecule has 0 spiro atoms. The highest BCUT2D eigenvalue weighted by Crippen LogP contribution is 2.45. The normalized spacial score (nSPS) is 13.7. The molecule has 470 valence electrons. The van der Waals surface area contributed by atoms with Gasteiger partial charge in [-0.3, -0.25) is 34.1 Å². The van der Waals surface area contributed by atoms with Gasteiger partial charge >= 0.3 is 30.2 Å². The van der Waals surface area contributed by atoms with Crippen LogP contribution in [0.4, 0.5) is 43.9 Å². The molecule has 2 aliphatic heterocycles. The quantitative estimate of drug-likeness (QED) is 0.0191. The van der Waals surface area contributed by atoms with E-state index < -0.39 is 90.8 Å². The number of carbonyl (C=O) groups is 5. The molecule has 8 aromatic rings. The lowest BCUT2D eigenvalue weighted by Gasteiger charge is -2.30. The van der Waals surface area contributed by atoms with Crippen LogP contribution in [-0.4, -0.2) is 101 Å². The van der Waals surface area contributed by atoms with Gasteiger partial charge in [-0.1, -0.05) is 36.4 Å². The van der Waals surface area contributed by atoms with Crippen LogP contribution < -0.4 is 36.2 Å². The highest BCUT2D eigenvalue weighted by atomic mass is 35.5. The number of aromatic nitrogens is 2. The topological polar surface area (TPSA) is 265 Å². The average molecular weight is 1280 g/mol. The molecule has 0 bridgehead atoms.